The van der Waals surface area contributed by atoms with E-state index in [4.69, 9.17) is 5.73 Å². The van der Waals surface area contributed by atoms with Gasteiger partial charge in [0.15, 0.2) is 0 Å². The van der Waals surface area contributed by atoms with Gasteiger partial charge >= 0.3 is 0 Å². The van der Waals surface area contributed by atoms with Crippen LogP contribution < -0.4 is 11.1 Å². The van der Waals surface area contributed by atoms with Crippen LogP contribution in [0.5, 0.6) is 0 Å². The Hall–Kier alpha value is -1.18. The second-order valence-corrected chi connectivity index (χ2v) is 5.54. The molecule has 0 bridgehead atoms. The molecule has 2 aromatic rings. The predicted octanol–water partition coefficient (Wildman–Crippen LogP) is 2.62. The molecule has 0 saturated carbocycles. The average Bonchev–Trinajstić information content (AvgIpc) is 2.83. The Labute approximate surface area is 127 Å². The lowest BCUT2D eigenvalue weighted by Gasteiger charge is -2.08. The molecule has 19 heavy (non-hydrogen) atoms. The smallest absolute Gasteiger partial charge is 0.275 e. The van der Waals surface area contributed by atoms with E-state index in [9.17, 15) is 4.79 Å². The van der Waals surface area contributed by atoms with E-state index in [1.54, 1.807) is 17.1 Å². The number of carbonyl (C=O) groups excluding carboxylic acids is 1. The van der Waals surface area contributed by atoms with Gasteiger partial charge in [0, 0.05) is 28.2 Å². The van der Waals surface area contributed by atoms with E-state index in [0.29, 0.717) is 24.5 Å². The summed E-state index contributed by atoms with van der Waals surface area (Å²) in [6.07, 6.45) is 3.27. The van der Waals surface area contributed by atoms with E-state index in [1.807, 2.05) is 18.2 Å². The number of nitrogens with zero attached hydrogens (tertiary/aromatic N) is 2. The van der Waals surface area contributed by atoms with Crippen molar-refractivity contribution < 1.29 is 4.79 Å². The lowest BCUT2D eigenvalue weighted by atomic mass is 10.3. The molecule has 2 rings (SSSR count). The van der Waals surface area contributed by atoms with Gasteiger partial charge in [-0.15, -0.1) is 0 Å². The number of hydrogen-bond donors (Lipinski definition) is 2. The van der Waals surface area contributed by atoms with Crippen LogP contribution in [0.2, 0.25) is 0 Å². The summed E-state index contributed by atoms with van der Waals surface area (Å²) in [5, 5.41) is 2.81. The first kappa shape index (κ1) is 14.2. The van der Waals surface area contributed by atoms with E-state index in [-0.39, 0.29) is 5.91 Å². The third-order valence-electron chi connectivity index (χ3n) is 2.45. The van der Waals surface area contributed by atoms with E-state index in [2.05, 4.69) is 42.2 Å². The van der Waals surface area contributed by atoms with Gasteiger partial charge in [-0.25, -0.2) is 4.98 Å². The lowest BCUT2D eigenvalue weighted by molar-refractivity contribution is 0.102. The molecule has 0 atom stereocenters. The number of amides is 1. The topological polar surface area (TPSA) is 72.9 Å². The van der Waals surface area contributed by atoms with Gasteiger partial charge < -0.3 is 15.6 Å². The number of anilines is 1. The Morgan fingerprint density at radius 3 is 2.68 bits per heavy atom. The first-order chi connectivity index (χ1) is 9.11. The van der Waals surface area contributed by atoms with Crippen LogP contribution in [0, 0.1) is 0 Å². The number of para-hydroxylation sites is 1. The number of halogens is 2. The molecule has 0 fully saturated rings. The van der Waals surface area contributed by atoms with E-state index in [0.717, 1.165) is 8.95 Å². The highest BCUT2D eigenvalue weighted by Gasteiger charge is 2.13. The summed E-state index contributed by atoms with van der Waals surface area (Å²) >= 11 is 6.78. The summed E-state index contributed by atoms with van der Waals surface area (Å²) < 4.78 is 3.39. The van der Waals surface area contributed by atoms with Crippen LogP contribution >= 0.6 is 31.9 Å². The predicted molar refractivity (Wildman–Crippen MR) is 81.1 cm³/mol. The van der Waals surface area contributed by atoms with Crippen molar-refractivity contribution in [3.63, 3.8) is 0 Å². The van der Waals surface area contributed by atoms with Crippen molar-refractivity contribution in [1.82, 2.24) is 9.55 Å². The molecule has 5 nitrogen and oxygen atoms in total. The number of carbonyl (C=O) groups is 1. The third-order valence-corrected chi connectivity index (χ3v) is 3.78. The summed E-state index contributed by atoms with van der Waals surface area (Å²) in [6, 6.07) is 5.58. The van der Waals surface area contributed by atoms with Gasteiger partial charge in [0.05, 0.1) is 12.0 Å². The fourth-order valence-corrected chi connectivity index (χ4v) is 2.74. The Morgan fingerprint density at radius 2 is 2.05 bits per heavy atom. The molecule has 1 heterocycles. The Morgan fingerprint density at radius 1 is 1.37 bits per heavy atom. The zero-order chi connectivity index (χ0) is 13.8. The second-order valence-electron chi connectivity index (χ2n) is 3.84. The molecular weight excluding hydrogens is 376 g/mol. The number of hydrogen-bond acceptors (Lipinski definition) is 3. The zero-order valence-electron chi connectivity index (χ0n) is 9.94. The quantitative estimate of drug-likeness (QED) is 0.846. The fraction of sp³-hybridized carbons (Fsp3) is 0.167. The molecule has 0 radical (unpaired) electrons. The summed E-state index contributed by atoms with van der Waals surface area (Å²) in [5.41, 5.74) is 6.49. The highest BCUT2D eigenvalue weighted by Crippen LogP contribution is 2.30. The number of nitrogens with two attached hydrogens (primary N) is 1. The summed E-state index contributed by atoms with van der Waals surface area (Å²) in [7, 11) is 0. The SMILES string of the molecule is NCCn1cnc(C(=O)Nc2c(Br)cccc2Br)c1. The van der Waals surface area contributed by atoms with Gasteiger partial charge in [0.2, 0.25) is 0 Å². The molecule has 1 amide bonds. The van der Waals surface area contributed by atoms with Crippen molar-refractivity contribution in [2.45, 2.75) is 6.54 Å². The molecule has 7 heteroatoms. The lowest BCUT2D eigenvalue weighted by Crippen LogP contribution is -2.13. The fourth-order valence-electron chi connectivity index (χ4n) is 1.54. The van der Waals surface area contributed by atoms with Gasteiger partial charge in [0.1, 0.15) is 5.69 Å². The van der Waals surface area contributed by atoms with Crippen LogP contribution in [0.4, 0.5) is 5.69 Å². The number of rotatable bonds is 4. The van der Waals surface area contributed by atoms with Crippen LogP contribution in [0.25, 0.3) is 0 Å². The Bertz CT molecular complexity index is 577. The number of nitrogens with one attached hydrogen (secondary N) is 1. The van der Waals surface area contributed by atoms with Crippen LogP contribution in [0.15, 0.2) is 39.7 Å². The van der Waals surface area contributed by atoms with E-state index >= 15 is 0 Å². The first-order valence-electron chi connectivity index (χ1n) is 5.59. The Balaban J connectivity index is 2.16. The molecule has 0 aliphatic heterocycles. The van der Waals surface area contributed by atoms with Crippen molar-refractivity contribution in [3.05, 3.63) is 45.4 Å². The molecule has 1 aromatic carbocycles. The molecule has 1 aromatic heterocycles. The third kappa shape index (κ3) is 3.43. The van der Waals surface area contributed by atoms with E-state index < -0.39 is 0 Å². The zero-order valence-corrected chi connectivity index (χ0v) is 13.1. The van der Waals surface area contributed by atoms with Crippen LogP contribution in [-0.2, 0) is 6.54 Å². The highest BCUT2D eigenvalue weighted by atomic mass is 79.9. The van der Waals surface area contributed by atoms with Crippen LogP contribution in [0.3, 0.4) is 0 Å². The summed E-state index contributed by atoms with van der Waals surface area (Å²) in [5.74, 6) is -0.261. The van der Waals surface area contributed by atoms with Gasteiger partial charge in [-0.1, -0.05) is 6.07 Å². The normalized spacial score (nSPS) is 10.5. The number of imidazole rings is 1. The Kier molecular flexibility index (Phi) is 4.73. The average molecular weight is 388 g/mol. The van der Waals surface area contributed by atoms with Gasteiger partial charge in [-0.3, -0.25) is 4.79 Å². The van der Waals surface area contributed by atoms with Crippen LogP contribution in [-0.4, -0.2) is 22.0 Å². The second kappa shape index (κ2) is 6.31. The minimum Gasteiger partial charge on any atom is -0.335 e. The minimum absolute atomic E-state index is 0.261. The van der Waals surface area contributed by atoms with Gasteiger partial charge in [-0.05, 0) is 44.0 Å². The standard InChI is InChI=1S/C12H12Br2N4O/c13-8-2-1-3-9(14)11(8)17-12(19)10-6-18(5-4-15)7-16-10/h1-3,6-7H,4-5,15H2,(H,17,19). The molecule has 0 saturated heterocycles. The molecule has 0 aliphatic rings. The first-order valence-corrected chi connectivity index (χ1v) is 7.17. The molecule has 0 aliphatic carbocycles. The highest BCUT2D eigenvalue weighted by molar-refractivity contribution is 9.11. The van der Waals surface area contributed by atoms with Crippen molar-refractivity contribution in [2.75, 3.05) is 11.9 Å². The van der Waals surface area contributed by atoms with E-state index in [1.165, 1.54) is 0 Å². The molecule has 0 unspecified atom stereocenters. The molecular formula is C12H12Br2N4O. The number of aromatic nitrogens is 2. The van der Waals surface area contributed by atoms with Gasteiger partial charge in [-0.2, -0.15) is 0 Å². The monoisotopic (exact) mass is 386 g/mol. The van der Waals surface area contributed by atoms with Gasteiger partial charge in [0.25, 0.3) is 5.91 Å². The maximum absolute atomic E-state index is 12.1. The van der Waals surface area contributed by atoms with Crippen molar-refractivity contribution >= 4 is 43.5 Å². The molecule has 0 spiro atoms. The van der Waals surface area contributed by atoms with Crippen molar-refractivity contribution in [2.24, 2.45) is 5.73 Å². The molecule has 3 N–H and O–H groups in total. The van der Waals surface area contributed by atoms with Crippen LogP contribution in [0.1, 0.15) is 10.5 Å². The summed E-state index contributed by atoms with van der Waals surface area (Å²) in [4.78, 5) is 16.1. The maximum Gasteiger partial charge on any atom is 0.275 e. The maximum atomic E-state index is 12.1. The van der Waals surface area contributed by atoms with Crippen molar-refractivity contribution in [3.8, 4) is 0 Å². The minimum atomic E-state index is -0.261. The van der Waals surface area contributed by atoms with Crippen molar-refractivity contribution in [1.29, 1.82) is 0 Å². The number of benzene rings is 1. The molecule has 100 valence electrons. The summed E-state index contributed by atoms with van der Waals surface area (Å²) in [6.45, 7) is 1.15. The largest absolute Gasteiger partial charge is 0.335 e.